The Labute approximate surface area is 145 Å². The van der Waals surface area contributed by atoms with Crippen LogP contribution < -0.4 is 0 Å². The van der Waals surface area contributed by atoms with Gasteiger partial charge in [-0.05, 0) is 25.0 Å². The first-order chi connectivity index (χ1) is 9.23. The number of benzene rings is 1. The second kappa shape index (κ2) is 6.76. The van der Waals surface area contributed by atoms with Crippen LogP contribution in [0.25, 0.3) is 0 Å². The first-order valence-electron chi connectivity index (χ1n) is 5.85. The molecule has 1 aliphatic rings. The van der Waals surface area contributed by atoms with Crippen LogP contribution >= 0.6 is 0 Å². The maximum Gasteiger partial charge on any atom is 0.269 e. The minimum Gasteiger partial charge on any atom is -0.286 e. The third kappa shape index (κ3) is 4.05. The molecule has 0 aromatic heterocycles. The van der Waals surface area contributed by atoms with Gasteiger partial charge in [-0.15, -0.1) is 0 Å². The predicted octanol–water partition coefficient (Wildman–Crippen LogP) is 0.118. The van der Waals surface area contributed by atoms with E-state index in [1.54, 1.807) is 6.07 Å². The summed E-state index contributed by atoms with van der Waals surface area (Å²) in [6.45, 7) is -0.106. The van der Waals surface area contributed by atoms with Gasteiger partial charge in [-0.25, -0.2) is 12.7 Å². The molecule has 111 valence electrons. The fourth-order valence-electron chi connectivity index (χ4n) is 1.99. The molecule has 0 saturated carbocycles. The quantitative estimate of drug-likeness (QED) is 0.462. The molecule has 0 bridgehead atoms. The topological polar surface area (TPSA) is 109 Å². The van der Waals surface area contributed by atoms with Crippen molar-refractivity contribution in [3.63, 3.8) is 0 Å². The first-order valence-corrected chi connectivity index (χ1v) is 8.90. The van der Waals surface area contributed by atoms with E-state index in [9.17, 15) is 21.6 Å². The SMILES string of the molecule is O=C1c2ccccc2S(=O)(=O)N1CCCCS(=O)(=O)O.[Na]. The van der Waals surface area contributed by atoms with Crippen LogP contribution in [0.5, 0.6) is 0 Å². The van der Waals surface area contributed by atoms with Crippen molar-refractivity contribution in [2.24, 2.45) is 0 Å². The number of nitrogens with zero attached hydrogens (tertiary/aromatic N) is 1. The molecule has 21 heavy (non-hydrogen) atoms. The van der Waals surface area contributed by atoms with E-state index >= 15 is 0 Å². The third-order valence-corrected chi connectivity index (χ3v) is 5.57. The van der Waals surface area contributed by atoms with Crippen molar-refractivity contribution in [3.05, 3.63) is 29.8 Å². The minimum atomic E-state index is -4.07. The van der Waals surface area contributed by atoms with E-state index in [-0.39, 0.29) is 59.4 Å². The van der Waals surface area contributed by atoms with E-state index in [4.69, 9.17) is 4.55 Å². The summed E-state index contributed by atoms with van der Waals surface area (Å²) < 4.78 is 54.7. The van der Waals surface area contributed by atoms with E-state index in [2.05, 4.69) is 0 Å². The summed E-state index contributed by atoms with van der Waals surface area (Å²) >= 11 is 0. The molecule has 1 aliphatic heterocycles. The van der Waals surface area contributed by atoms with Gasteiger partial charge >= 0.3 is 0 Å². The summed E-state index contributed by atoms with van der Waals surface area (Å²) in [5, 5.41) is 0. The molecule has 1 N–H and O–H groups in total. The number of hydrogen-bond acceptors (Lipinski definition) is 5. The molecule has 0 unspecified atom stereocenters. The van der Waals surface area contributed by atoms with Gasteiger partial charge in [-0.1, -0.05) is 12.1 Å². The number of amides is 1. The van der Waals surface area contributed by atoms with E-state index in [0.29, 0.717) is 0 Å². The van der Waals surface area contributed by atoms with Crippen molar-refractivity contribution >= 4 is 55.6 Å². The zero-order valence-electron chi connectivity index (χ0n) is 11.4. The number of sulfonamides is 1. The van der Waals surface area contributed by atoms with Gasteiger partial charge in [0.2, 0.25) is 0 Å². The van der Waals surface area contributed by atoms with Crippen LogP contribution in [0.2, 0.25) is 0 Å². The summed E-state index contributed by atoms with van der Waals surface area (Å²) in [5.74, 6) is -1.06. The minimum absolute atomic E-state index is 0. The summed E-state index contributed by atoms with van der Waals surface area (Å²) in [4.78, 5) is 12.0. The maximum atomic E-state index is 12.1. The molecular formula is C11H13NNaO6S2. The maximum absolute atomic E-state index is 12.1. The number of hydrogen-bond donors (Lipinski definition) is 1. The summed E-state index contributed by atoms with van der Waals surface area (Å²) in [5.41, 5.74) is 0.127. The van der Waals surface area contributed by atoms with E-state index < -0.39 is 31.8 Å². The Morgan fingerprint density at radius 2 is 1.76 bits per heavy atom. The number of rotatable bonds is 5. The average molecular weight is 342 g/mol. The van der Waals surface area contributed by atoms with Crippen LogP contribution in [0.3, 0.4) is 0 Å². The third-order valence-electron chi connectivity index (χ3n) is 2.93. The molecule has 1 aromatic rings. The van der Waals surface area contributed by atoms with Gasteiger partial charge in [0, 0.05) is 36.1 Å². The van der Waals surface area contributed by atoms with Crippen LogP contribution in [0, 0.1) is 0 Å². The standard InChI is InChI=1S/C11H13NO6S2.Na/c13-11-9-5-1-2-6-10(9)20(17,18)12(11)7-3-4-8-19(14,15)16;/h1-2,5-6H,3-4,7-8H2,(H,14,15,16);. The molecule has 7 nitrogen and oxygen atoms in total. The van der Waals surface area contributed by atoms with Gasteiger partial charge in [-0.2, -0.15) is 8.42 Å². The Kier molecular flexibility index (Phi) is 5.99. The molecule has 0 saturated heterocycles. The average Bonchev–Trinajstić information content (AvgIpc) is 2.54. The molecule has 0 aliphatic carbocycles. The molecule has 0 atom stereocenters. The van der Waals surface area contributed by atoms with Gasteiger partial charge in [0.05, 0.1) is 11.3 Å². The molecule has 1 aromatic carbocycles. The molecule has 1 heterocycles. The van der Waals surface area contributed by atoms with Crippen molar-refractivity contribution in [2.45, 2.75) is 17.7 Å². The van der Waals surface area contributed by atoms with Gasteiger partial charge in [0.25, 0.3) is 26.0 Å². The summed E-state index contributed by atoms with van der Waals surface area (Å²) in [6.07, 6.45) is 0.243. The second-order valence-electron chi connectivity index (χ2n) is 4.37. The van der Waals surface area contributed by atoms with E-state index in [1.807, 2.05) is 0 Å². The number of carbonyl (C=O) groups excluding carboxylic acids is 1. The normalized spacial score (nSPS) is 16.4. The van der Waals surface area contributed by atoms with E-state index in [0.717, 1.165) is 4.31 Å². The number of fused-ring (bicyclic) bond motifs is 1. The van der Waals surface area contributed by atoms with Crippen LogP contribution in [0.1, 0.15) is 23.2 Å². The molecule has 1 amide bonds. The number of unbranched alkanes of at least 4 members (excludes halogenated alkanes) is 1. The Bertz CT molecular complexity index is 744. The van der Waals surface area contributed by atoms with Crippen molar-refractivity contribution in [1.29, 1.82) is 0 Å². The van der Waals surface area contributed by atoms with Gasteiger partial charge in [0.1, 0.15) is 4.90 Å². The second-order valence-corrected chi connectivity index (χ2v) is 7.77. The van der Waals surface area contributed by atoms with Crippen molar-refractivity contribution in [1.82, 2.24) is 4.31 Å². The molecule has 2 rings (SSSR count). The van der Waals surface area contributed by atoms with Gasteiger partial charge < -0.3 is 0 Å². The molecular weight excluding hydrogens is 329 g/mol. The number of carbonyl (C=O) groups is 1. The predicted molar refractivity (Wildman–Crippen MR) is 76.1 cm³/mol. The van der Waals surface area contributed by atoms with Crippen LogP contribution in [-0.2, 0) is 20.1 Å². The fourth-order valence-corrected chi connectivity index (χ4v) is 4.17. The zero-order valence-corrected chi connectivity index (χ0v) is 15.0. The van der Waals surface area contributed by atoms with Crippen molar-refractivity contribution in [3.8, 4) is 0 Å². The Hall–Kier alpha value is -0.450. The Morgan fingerprint density at radius 3 is 2.33 bits per heavy atom. The molecule has 10 heteroatoms. The first kappa shape index (κ1) is 18.6. The van der Waals surface area contributed by atoms with Crippen molar-refractivity contribution < 1.29 is 26.2 Å². The van der Waals surface area contributed by atoms with Gasteiger partial charge in [0.15, 0.2) is 0 Å². The monoisotopic (exact) mass is 342 g/mol. The Balaban J connectivity index is 0.00000220. The molecule has 0 spiro atoms. The van der Waals surface area contributed by atoms with Crippen LogP contribution in [-0.4, -0.2) is 73.5 Å². The van der Waals surface area contributed by atoms with Crippen molar-refractivity contribution in [2.75, 3.05) is 12.3 Å². The Morgan fingerprint density at radius 1 is 1.14 bits per heavy atom. The summed E-state index contributed by atoms with van der Waals surface area (Å²) in [6, 6.07) is 5.91. The summed E-state index contributed by atoms with van der Waals surface area (Å²) in [7, 11) is -7.91. The smallest absolute Gasteiger partial charge is 0.269 e. The zero-order chi connectivity index (χ0) is 15.0. The van der Waals surface area contributed by atoms with E-state index in [1.165, 1.54) is 18.2 Å². The fraction of sp³-hybridized carbons (Fsp3) is 0.364. The van der Waals surface area contributed by atoms with Gasteiger partial charge in [-0.3, -0.25) is 9.35 Å². The van der Waals surface area contributed by atoms with Crippen LogP contribution in [0.15, 0.2) is 29.2 Å². The molecule has 1 radical (unpaired) electrons. The van der Waals surface area contributed by atoms with Crippen LogP contribution in [0.4, 0.5) is 0 Å². The molecule has 0 fully saturated rings. The largest absolute Gasteiger partial charge is 0.286 e.